The summed E-state index contributed by atoms with van der Waals surface area (Å²) in [4.78, 5) is 33.1. The number of amides is 1. The Morgan fingerprint density at radius 3 is 2.18 bits per heavy atom. The summed E-state index contributed by atoms with van der Waals surface area (Å²) in [6.07, 6.45) is 1.30. The van der Waals surface area contributed by atoms with E-state index < -0.39 is 31.1 Å². The largest absolute Gasteiger partial charge is 0.546 e. The maximum Gasteiger partial charge on any atom is 0.271 e. The summed E-state index contributed by atoms with van der Waals surface area (Å²) < 4.78 is 10.8. The Labute approximate surface area is 167 Å². The number of benzene rings is 2. The molecule has 10 heteroatoms. The van der Waals surface area contributed by atoms with Crippen molar-refractivity contribution in [3.8, 4) is 11.5 Å². The third-order valence-electron chi connectivity index (χ3n) is 3.14. The molecule has 0 spiro atoms. The second-order valence-electron chi connectivity index (χ2n) is 5.23. The predicted molar refractivity (Wildman–Crippen MR) is 96.6 cm³/mol. The van der Waals surface area contributed by atoms with Crippen molar-refractivity contribution in [3.63, 3.8) is 0 Å². The molecule has 0 unspecified atom stereocenters. The molecule has 0 aliphatic carbocycles. The van der Waals surface area contributed by atoms with Crippen molar-refractivity contribution in [2.75, 3.05) is 13.2 Å². The number of carboxylic acids is 2. The molecule has 2 aromatic carbocycles. The van der Waals surface area contributed by atoms with Crippen molar-refractivity contribution < 1.29 is 34.1 Å². The first-order chi connectivity index (χ1) is 13.3. The summed E-state index contributed by atoms with van der Waals surface area (Å²) in [5.74, 6) is -3.37. The number of ether oxygens (including phenoxy) is 2. The van der Waals surface area contributed by atoms with Gasteiger partial charge in [0.1, 0.15) is 13.2 Å². The van der Waals surface area contributed by atoms with Crippen LogP contribution in [-0.2, 0) is 9.59 Å². The van der Waals surface area contributed by atoms with Gasteiger partial charge in [-0.15, -0.1) is 0 Å². The molecular weight excluding hydrogens is 436 g/mol. The first-order valence-electron chi connectivity index (χ1n) is 7.73. The molecule has 0 atom stereocenters. The number of nitrogens with one attached hydrogen (secondary N) is 1. The zero-order valence-corrected chi connectivity index (χ0v) is 15.8. The van der Waals surface area contributed by atoms with E-state index >= 15 is 0 Å². The average Bonchev–Trinajstić information content (AvgIpc) is 2.65. The molecule has 0 saturated heterocycles. The van der Waals surface area contributed by atoms with Gasteiger partial charge in [0.2, 0.25) is 0 Å². The summed E-state index contributed by atoms with van der Waals surface area (Å²) in [5.41, 5.74) is 3.19. The highest BCUT2D eigenvalue weighted by molar-refractivity contribution is 9.10. The summed E-state index contributed by atoms with van der Waals surface area (Å²) >= 11 is 3.27. The molecule has 0 aliphatic rings. The number of hydrazone groups is 1. The lowest BCUT2D eigenvalue weighted by molar-refractivity contribution is -0.309. The average molecular weight is 449 g/mol. The highest BCUT2D eigenvalue weighted by atomic mass is 79.9. The van der Waals surface area contributed by atoms with E-state index in [9.17, 15) is 24.6 Å². The van der Waals surface area contributed by atoms with E-state index in [0.717, 1.165) is 4.47 Å². The Morgan fingerprint density at radius 1 is 0.964 bits per heavy atom. The van der Waals surface area contributed by atoms with E-state index in [2.05, 4.69) is 26.5 Å². The molecule has 1 N–H and O–H groups in total. The second-order valence-corrected chi connectivity index (χ2v) is 6.15. The number of hydrogen-bond acceptors (Lipinski definition) is 8. The molecule has 0 fully saturated rings. The minimum absolute atomic E-state index is 0.00139. The highest BCUT2D eigenvalue weighted by Crippen LogP contribution is 2.28. The van der Waals surface area contributed by atoms with Crippen LogP contribution in [0.1, 0.15) is 15.9 Å². The zero-order valence-electron chi connectivity index (χ0n) is 14.2. The number of hydrogen-bond donors (Lipinski definition) is 1. The minimum Gasteiger partial charge on any atom is -0.546 e. The molecule has 28 heavy (non-hydrogen) atoms. The fourth-order valence-corrected chi connectivity index (χ4v) is 2.21. The summed E-state index contributed by atoms with van der Waals surface area (Å²) in [6, 6.07) is 10.9. The van der Waals surface area contributed by atoms with Crippen LogP contribution in [0, 0.1) is 0 Å². The molecule has 0 radical (unpaired) electrons. The van der Waals surface area contributed by atoms with Crippen LogP contribution in [0.25, 0.3) is 0 Å². The molecule has 2 aromatic rings. The third kappa shape index (κ3) is 6.72. The summed E-state index contributed by atoms with van der Waals surface area (Å²) in [5, 5.41) is 24.9. The van der Waals surface area contributed by atoms with Crippen molar-refractivity contribution in [2.24, 2.45) is 5.10 Å². The van der Waals surface area contributed by atoms with Crippen molar-refractivity contribution in [3.05, 3.63) is 58.1 Å². The van der Waals surface area contributed by atoms with Gasteiger partial charge in [-0.3, -0.25) is 4.79 Å². The Morgan fingerprint density at radius 2 is 1.57 bits per heavy atom. The van der Waals surface area contributed by atoms with E-state index in [1.165, 1.54) is 24.4 Å². The van der Waals surface area contributed by atoms with Gasteiger partial charge in [0, 0.05) is 10.0 Å². The first kappa shape index (κ1) is 20.9. The monoisotopic (exact) mass is 448 g/mol. The number of carbonyl (C=O) groups is 3. The highest BCUT2D eigenvalue weighted by Gasteiger charge is 2.08. The lowest BCUT2D eigenvalue weighted by atomic mass is 10.2. The van der Waals surface area contributed by atoms with Crippen LogP contribution in [0.5, 0.6) is 11.5 Å². The fraction of sp³-hybridized carbons (Fsp3) is 0.111. The van der Waals surface area contributed by atoms with Crippen LogP contribution < -0.4 is 25.1 Å². The molecule has 0 aliphatic heterocycles. The van der Waals surface area contributed by atoms with Crippen molar-refractivity contribution in [2.45, 2.75) is 0 Å². The van der Waals surface area contributed by atoms with E-state index in [-0.39, 0.29) is 11.5 Å². The van der Waals surface area contributed by atoms with Crippen LogP contribution in [0.3, 0.4) is 0 Å². The normalized spacial score (nSPS) is 10.5. The Kier molecular flexibility index (Phi) is 7.52. The van der Waals surface area contributed by atoms with Crippen LogP contribution in [-0.4, -0.2) is 37.3 Å². The van der Waals surface area contributed by atoms with Crippen molar-refractivity contribution in [1.82, 2.24) is 5.43 Å². The molecule has 0 bridgehead atoms. The van der Waals surface area contributed by atoms with E-state index in [4.69, 9.17) is 9.47 Å². The van der Waals surface area contributed by atoms with Gasteiger partial charge in [-0.1, -0.05) is 15.9 Å². The third-order valence-corrected chi connectivity index (χ3v) is 3.67. The van der Waals surface area contributed by atoms with E-state index in [1.807, 2.05) is 0 Å². The molecule has 9 nitrogen and oxygen atoms in total. The number of nitrogens with zero attached hydrogens (tertiary/aromatic N) is 1. The molecular formula is C18H13BrN2O7-2. The lowest BCUT2D eigenvalue weighted by Gasteiger charge is -2.14. The smallest absolute Gasteiger partial charge is 0.271 e. The molecule has 0 saturated carbocycles. The van der Waals surface area contributed by atoms with Gasteiger partial charge in [0.05, 0.1) is 18.2 Å². The van der Waals surface area contributed by atoms with Crippen LogP contribution >= 0.6 is 15.9 Å². The van der Waals surface area contributed by atoms with Gasteiger partial charge in [0.25, 0.3) is 5.91 Å². The zero-order chi connectivity index (χ0) is 20.5. The molecule has 2 rings (SSSR count). The van der Waals surface area contributed by atoms with Gasteiger partial charge in [-0.2, -0.15) is 5.10 Å². The maximum absolute atomic E-state index is 12.0. The number of halogens is 1. The summed E-state index contributed by atoms with van der Waals surface area (Å²) in [6.45, 7) is -1.50. The molecule has 0 aromatic heterocycles. The lowest BCUT2D eigenvalue weighted by Crippen LogP contribution is -2.30. The second kappa shape index (κ2) is 10.1. The fourth-order valence-electron chi connectivity index (χ4n) is 1.94. The number of carboxylic acid groups (broad SMARTS) is 2. The van der Waals surface area contributed by atoms with Crippen LogP contribution in [0.4, 0.5) is 0 Å². The van der Waals surface area contributed by atoms with Gasteiger partial charge in [-0.25, -0.2) is 5.43 Å². The van der Waals surface area contributed by atoms with Gasteiger partial charge in [0.15, 0.2) is 11.5 Å². The van der Waals surface area contributed by atoms with E-state index in [1.54, 1.807) is 24.3 Å². The number of carbonyl (C=O) groups excluding carboxylic acids is 3. The van der Waals surface area contributed by atoms with Gasteiger partial charge in [-0.05, 0) is 48.0 Å². The maximum atomic E-state index is 12.0. The quantitative estimate of drug-likeness (QED) is 0.401. The minimum atomic E-state index is -1.47. The molecule has 1 amide bonds. The van der Waals surface area contributed by atoms with Crippen LogP contribution in [0.15, 0.2) is 52.0 Å². The summed E-state index contributed by atoms with van der Waals surface area (Å²) in [7, 11) is 0. The van der Waals surface area contributed by atoms with Gasteiger partial charge < -0.3 is 29.3 Å². The van der Waals surface area contributed by atoms with Crippen LogP contribution in [0.2, 0.25) is 0 Å². The van der Waals surface area contributed by atoms with Gasteiger partial charge >= 0.3 is 0 Å². The Bertz CT molecular complexity index is 897. The number of rotatable bonds is 9. The molecule has 0 heterocycles. The van der Waals surface area contributed by atoms with Crippen molar-refractivity contribution in [1.29, 1.82) is 0 Å². The van der Waals surface area contributed by atoms with E-state index in [0.29, 0.717) is 11.1 Å². The first-order valence-corrected chi connectivity index (χ1v) is 8.53. The predicted octanol–water partition coefficient (Wildman–Crippen LogP) is -0.530. The number of aliphatic carboxylic acids is 2. The SMILES string of the molecule is O=C([O-])COc1ccc(C=NNC(=O)c2ccc(Br)cc2)cc1OCC(=O)[O-]. The molecule has 146 valence electrons. The Hall–Kier alpha value is -3.40. The standard InChI is InChI=1S/C18H15BrN2O7/c19-13-4-2-12(3-5-13)18(26)21-20-8-11-1-6-14(27-9-16(22)23)15(7-11)28-10-17(24)25/h1-8H,9-10H2,(H,21,26)(H,22,23)(H,24,25)/p-2. The topological polar surface area (TPSA) is 140 Å². The van der Waals surface area contributed by atoms with Crippen molar-refractivity contribution >= 4 is 40.0 Å². The Balaban J connectivity index is 2.08.